The summed E-state index contributed by atoms with van der Waals surface area (Å²) in [5.41, 5.74) is 0.586. The van der Waals surface area contributed by atoms with E-state index in [2.05, 4.69) is 10.6 Å². The molecule has 1 aromatic rings. The van der Waals surface area contributed by atoms with Gasteiger partial charge in [-0.05, 0) is 55.9 Å². The van der Waals surface area contributed by atoms with Gasteiger partial charge in [-0.2, -0.15) is 13.2 Å². The summed E-state index contributed by atoms with van der Waals surface area (Å²) < 4.78 is 40.3. The van der Waals surface area contributed by atoms with Gasteiger partial charge >= 0.3 is 12.2 Å². The van der Waals surface area contributed by atoms with Gasteiger partial charge in [0.2, 0.25) is 0 Å². The molecule has 1 aliphatic heterocycles. The Labute approximate surface area is 198 Å². The van der Waals surface area contributed by atoms with Crippen molar-refractivity contribution in [2.24, 2.45) is 11.8 Å². The van der Waals surface area contributed by atoms with E-state index in [1.165, 1.54) is 12.1 Å². The molecule has 0 radical (unpaired) electrons. The number of carbonyl (C=O) groups is 1. The Morgan fingerprint density at radius 1 is 1.38 bits per heavy atom. The molecule has 1 aliphatic carbocycles. The number of halogens is 3. The van der Waals surface area contributed by atoms with Crippen LogP contribution in [0.25, 0.3) is 0 Å². The van der Waals surface area contributed by atoms with E-state index in [4.69, 9.17) is 5.41 Å². The third-order valence-corrected chi connectivity index (χ3v) is 6.76. The molecule has 1 heterocycles. The third-order valence-electron chi connectivity index (χ3n) is 6.76. The van der Waals surface area contributed by atoms with Crippen molar-refractivity contribution in [2.45, 2.75) is 65.0 Å². The first-order chi connectivity index (χ1) is 15.9. The summed E-state index contributed by atoms with van der Waals surface area (Å²) in [6.45, 7) is 7.82. The minimum absolute atomic E-state index is 0.0630. The van der Waals surface area contributed by atoms with Crippen LogP contribution >= 0.6 is 0 Å². The highest BCUT2D eigenvalue weighted by Gasteiger charge is 2.38. The van der Waals surface area contributed by atoms with Gasteiger partial charge in [0.15, 0.2) is 6.23 Å². The van der Waals surface area contributed by atoms with E-state index < -0.39 is 18.0 Å². The number of aryl methyl sites for hydroxylation is 1. The Morgan fingerprint density at radius 3 is 2.71 bits per heavy atom. The third kappa shape index (κ3) is 5.46. The number of carbonyl (C=O) groups excluding carboxylic acids is 1. The topological polar surface area (TPSA) is 88.4 Å². The molecule has 1 saturated heterocycles. The van der Waals surface area contributed by atoms with Gasteiger partial charge in [-0.1, -0.05) is 38.1 Å². The lowest BCUT2D eigenvalue weighted by Crippen LogP contribution is -2.60. The molecular formula is C25H33F3N4O2. The molecule has 1 fully saturated rings. The number of nitrogens with zero attached hydrogens (tertiary/aromatic N) is 1. The van der Waals surface area contributed by atoms with Crippen molar-refractivity contribution in [1.29, 1.82) is 5.41 Å². The fourth-order valence-corrected chi connectivity index (χ4v) is 4.83. The molecule has 186 valence electrons. The monoisotopic (exact) mass is 478 g/mol. The number of hydrogen-bond acceptors (Lipinski definition) is 4. The van der Waals surface area contributed by atoms with Crippen LogP contribution in [0, 0.1) is 17.2 Å². The maximum Gasteiger partial charge on any atom is 0.416 e. The van der Waals surface area contributed by atoms with Gasteiger partial charge in [-0.25, -0.2) is 4.79 Å². The molecule has 2 amide bonds. The van der Waals surface area contributed by atoms with Gasteiger partial charge in [0.25, 0.3) is 0 Å². The van der Waals surface area contributed by atoms with E-state index in [9.17, 15) is 23.1 Å². The molecule has 0 bridgehead atoms. The molecule has 2 aliphatic rings. The van der Waals surface area contributed by atoms with E-state index in [-0.39, 0.29) is 47.6 Å². The molecule has 34 heavy (non-hydrogen) atoms. The zero-order chi connectivity index (χ0) is 25.2. The molecule has 9 heteroatoms. The van der Waals surface area contributed by atoms with E-state index >= 15 is 0 Å². The van der Waals surface area contributed by atoms with Crippen LogP contribution in [0.4, 0.5) is 23.7 Å². The molecule has 0 aromatic heterocycles. The number of urea groups is 1. The van der Waals surface area contributed by atoms with Gasteiger partial charge in [0.1, 0.15) is 0 Å². The maximum atomic E-state index is 13.4. The lowest BCUT2D eigenvalue weighted by molar-refractivity contribution is -0.138. The van der Waals surface area contributed by atoms with Gasteiger partial charge in [0, 0.05) is 29.9 Å². The second-order valence-corrected chi connectivity index (χ2v) is 9.10. The molecular weight excluding hydrogens is 445 g/mol. The Bertz CT molecular complexity index is 989. The zero-order valence-corrected chi connectivity index (χ0v) is 19.9. The van der Waals surface area contributed by atoms with Crippen LogP contribution in [0.1, 0.15) is 45.2 Å². The van der Waals surface area contributed by atoms with Gasteiger partial charge in [0.05, 0.1) is 11.6 Å². The number of alkyl halides is 3. The fourth-order valence-electron chi connectivity index (χ4n) is 4.83. The summed E-state index contributed by atoms with van der Waals surface area (Å²) in [7, 11) is 0. The normalized spacial score (nSPS) is 24.8. The van der Waals surface area contributed by atoms with Crippen LogP contribution < -0.4 is 10.6 Å². The zero-order valence-electron chi connectivity index (χ0n) is 19.9. The highest BCUT2D eigenvalue weighted by atomic mass is 19.4. The molecule has 5 unspecified atom stereocenters. The number of nitrogens with one attached hydrogen (secondary N) is 3. The van der Waals surface area contributed by atoms with Crippen LogP contribution in [-0.2, 0) is 12.6 Å². The van der Waals surface area contributed by atoms with E-state index in [0.29, 0.717) is 24.3 Å². The Morgan fingerprint density at radius 2 is 2.09 bits per heavy atom. The number of allylic oxidation sites excluding steroid dienone is 1. The maximum absolute atomic E-state index is 13.4. The summed E-state index contributed by atoms with van der Waals surface area (Å²) in [5, 5.41) is 24.5. The SMILES string of the molecule is CCc1ccc(NC(O)C2=CC(C(C)N3C(=O)NCCC3C(C)=N)C(C)C=C2)cc1C(F)(F)F. The first-order valence-corrected chi connectivity index (χ1v) is 11.6. The Kier molecular flexibility index (Phi) is 7.75. The Balaban J connectivity index is 1.83. The number of aliphatic hydroxyl groups is 1. The van der Waals surface area contributed by atoms with Crippen LogP contribution in [0.3, 0.4) is 0 Å². The summed E-state index contributed by atoms with van der Waals surface area (Å²) in [6, 6.07) is 3.20. The van der Waals surface area contributed by atoms with Crippen molar-refractivity contribution in [3.63, 3.8) is 0 Å². The Hall–Kier alpha value is -2.81. The molecule has 4 N–H and O–H groups in total. The second kappa shape index (κ2) is 10.2. The minimum atomic E-state index is -4.48. The van der Waals surface area contributed by atoms with Gasteiger partial charge < -0.3 is 26.0 Å². The van der Waals surface area contributed by atoms with Gasteiger partial charge in [-0.15, -0.1) is 0 Å². The smallest absolute Gasteiger partial charge is 0.369 e. The second-order valence-electron chi connectivity index (χ2n) is 9.10. The summed E-state index contributed by atoms with van der Waals surface area (Å²) in [6.07, 6.45) is 0.760. The summed E-state index contributed by atoms with van der Waals surface area (Å²) in [5.74, 6) is -0.0802. The van der Waals surface area contributed by atoms with Crippen molar-refractivity contribution in [3.8, 4) is 0 Å². The van der Waals surface area contributed by atoms with Gasteiger partial charge in [-0.3, -0.25) is 0 Å². The predicted molar refractivity (Wildman–Crippen MR) is 127 cm³/mol. The average Bonchev–Trinajstić information content (AvgIpc) is 2.78. The number of aliphatic hydroxyl groups excluding tert-OH is 1. The summed E-state index contributed by atoms with van der Waals surface area (Å²) in [4.78, 5) is 14.3. The molecule has 1 aromatic carbocycles. The molecule has 3 rings (SSSR count). The first-order valence-electron chi connectivity index (χ1n) is 11.6. The number of benzene rings is 1. The molecule has 0 spiro atoms. The van der Waals surface area contributed by atoms with Crippen molar-refractivity contribution < 1.29 is 23.1 Å². The number of anilines is 1. The predicted octanol–water partition coefficient (Wildman–Crippen LogP) is 4.96. The van der Waals surface area contributed by atoms with Crippen molar-refractivity contribution in [2.75, 3.05) is 11.9 Å². The molecule has 0 saturated carbocycles. The van der Waals surface area contributed by atoms with Crippen molar-refractivity contribution in [1.82, 2.24) is 10.2 Å². The highest BCUT2D eigenvalue weighted by molar-refractivity contribution is 5.90. The van der Waals surface area contributed by atoms with E-state index in [1.54, 1.807) is 24.8 Å². The first kappa shape index (κ1) is 25.8. The van der Waals surface area contributed by atoms with Crippen molar-refractivity contribution in [3.05, 3.63) is 53.1 Å². The van der Waals surface area contributed by atoms with Crippen LogP contribution in [-0.4, -0.2) is 46.6 Å². The van der Waals surface area contributed by atoms with Crippen molar-refractivity contribution >= 4 is 17.4 Å². The average molecular weight is 479 g/mol. The highest BCUT2D eigenvalue weighted by Crippen LogP contribution is 2.35. The number of hydrogen-bond donors (Lipinski definition) is 4. The largest absolute Gasteiger partial charge is 0.416 e. The number of rotatable bonds is 7. The molecule has 5 atom stereocenters. The quantitative estimate of drug-likeness (QED) is 0.330. The lowest BCUT2D eigenvalue weighted by atomic mass is 9.80. The molecule has 6 nitrogen and oxygen atoms in total. The minimum Gasteiger partial charge on any atom is -0.369 e. The van der Waals surface area contributed by atoms with E-state index in [1.807, 2.05) is 26.0 Å². The number of amides is 2. The summed E-state index contributed by atoms with van der Waals surface area (Å²) >= 11 is 0. The van der Waals surface area contributed by atoms with Crippen LogP contribution in [0.5, 0.6) is 0 Å². The van der Waals surface area contributed by atoms with E-state index in [0.717, 1.165) is 6.07 Å². The standard InChI is InChI=1S/C25H33F3N4O2/c1-5-17-8-9-19(13-21(17)25(26,27)28)31-23(33)18-7-6-14(2)20(12-18)16(4)32-22(15(3)29)10-11-30-24(32)34/h6-9,12-14,16,20,22-23,29,31,33H,5,10-11H2,1-4H3,(H,30,34). The van der Waals surface area contributed by atoms with Crippen LogP contribution in [0.15, 0.2) is 42.0 Å². The lowest BCUT2D eigenvalue weighted by Gasteiger charge is -2.44. The fraction of sp³-hybridized carbons (Fsp3) is 0.520. The van der Waals surface area contributed by atoms with Crippen LogP contribution in [0.2, 0.25) is 0 Å².